The number of benzene rings is 2. The Morgan fingerprint density at radius 3 is 2.40 bits per heavy atom. The highest BCUT2D eigenvalue weighted by Gasteiger charge is 2.12. The molecular weight excluding hydrogens is 274 g/mol. The molecule has 0 spiro atoms. The van der Waals surface area contributed by atoms with Crippen molar-refractivity contribution < 1.29 is 21.9 Å². The van der Waals surface area contributed by atoms with Crippen molar-refractivity contribution in [1.29, 1.82) is 0 Å². The number of hydrogen-bond acceptors (Lipinski definition) is 3. The molecule has 0 saturated heterocycles. The third-order valence-corrected chi connectivity index (χ3v) is 3.30. The second-order valence-corrected chi connectivity index (χ2v) is 4.59. The standard InChI is InChI=1S/C16H17NO2.ClH/c1-2-12-3-6-14(7-4-12)17-10-13-5-8-15-16(9-13)19-11-18-15;/h3-9,17H,2,10-11H2,1H3;1H/p-1. The first kappa shape index (κ1) is 14.5. The summed E-state index contributed by atoms with van der Waals surface area (Å²) in [5, 5.41) is 3.41. The Morgan fingerprint density at radius 1 is 0.950 bits per heavy atom. The predicted octanol–water partition coefficient (Wildman–Crippen LogP) is 0.594. The highest BCUT2D eigenvalue weighted by Crippen LogP contribution is 2.32. The molecule has 1 aliphatic heterocycles. The molecule has 0 radical (unpaired) electrons. The normalized spacial score (nSPS) is 11.8. The molecule has 2 aromatic carbocycles. The highest BCUT2D eigenvalue weighted by molar-refractivity contribution is 5.48. The molecule has 0 unspecified atom stereocenters. The monoisotopic (exact) mass is 290 g/mol. The van der Waals surface area contributed by atoms with Gasteiger partial charge in [0.25, 0.3) is 0 Å². The molecular formula is C16H17ClNO2-. The van der Waals surface area contributed by atoms with Crippen LogP contribution in [0.15, 0.2) is 42.5 Å². The second kappa shape index (κ2) is 6.53. The minimum absolute atomic E-state index is 0. The van der Waals surface area contributed by atoms with Gasteiger partial charge in [0.1, 0.15) is 0 Å². The summed E-state index contributed by atoms with van der Waals surface area (Å²) < 4.78 is 10.7. The fourth-order valence-corrected chi connectivity index (χ4v) is 2.11. The number of halogens is 1. The summed E-state index contributed by atoms with van der Waals surface area (Å²) in [6.45, 7) is 3.27. The number of fused-ring (bicyclic) bond motifs is 1. The molecule has 0 amide bonds. The minimum atomic E-state index is 0. The Balaban J connectivity index is 0.00000147. The van der Waals surface area contributed by atoms with Crippen molar-refractivity contribution in [2.24, 2.45) is 0 Å². The third-order valence-electron chi connectivity index (χ3n) is 3.30. The Hall–Kier alpha value is -1.87. The van der Waals surface area contributed by atoms with Crippen molar-refractivity contribution in [3.05, 3.63) is 53.6 Å². The zero-order chi connectivity index (χ0) is 13.1. The molecule has 106 valence electrons. The molecule has 0 bridgehead atoms. The SMILES string of the molecule is CCc1ccc(NCc2ccc3c(c2)OCO3)cc1.[Cl-]. The molecule has 20 heavy (non-hydrogen) atoms. The first-order chi connectivity index (χ1) is 9.35. The van der Waals surface area contributed by atoms with E-state index in [0.717, 1.165) is 30.2 Å². The number of ether oxygens (including phenoxy) is 2. The van der Waals surface area contributed by atoms with Gasteiger partial charge in [0.05, 0.1) is 0 Å². The second-order valence-electron chi connectivity index (χ2n) is 4.59. The minimum Gasteiger partial charge on any atom is -1.00 e. The van der Waals surface area contributed by atoms with Crippen molar-refractivity contribution in [3.8, 4) is 11.5 Å². The van der Waals surface area contributed by atoms with Crippen LogP contribution in [-0.4, -0.2) is 6.79 Å². The van der Waals surface area contributed by atoms with Crippen LogP contribution in [0.25, 0.3) is 0 Å². The maximum absolute atomic E-state index is 5.37. The van der Waals surface area contributed by atoms with Crippen LogP contribution >= 0.6 is 0 Å². The number of anilines is 1. The van der Waals surface area contributed by atoms with Crippen molar-refractivity contribution >= 4 is 5.69 Å². The van der Waals surface area contributed by atoms with Crippen LogP contribution in [0.4, 0.5) is 5.69 Å². The van der Waals surface area contributed by atoms with E-state index in [9.17, 15) is 0 Å². The van der Waals surface area contributed by atoms with Crippen LogP contribution in [0.5, 0.6) is 11.5 Å². The summed E-state index contributed by atoms with van der Waals surface area (Å²) in [4.78, 5) is 0. The molecule has 2 aromatic rings. The van der Waals surface area contributed by atoms with Crippen LogP contribution in [0.3, 0.4) is 0 Å². The van der Waals surface area contributed by atoms with Crippen LogP contribution in [-0.2, 0) is 13.0 Å². The van der Waals surface area contributed by atoms with E-state index in [1.54, 1.807) is 0 Å². The molecule has 0 aromatic heterocycles. The van der Waals surface area contributed by atoms with Gasteiger partial charge in [0.2, 0.25) is 6.79 Å². The topological polar surface area (TPSA) is 30.5 Å². The van der Waals surface area contributed by atoms with Gasteiger partial charge in [-0.05, 0) is 41.8 Å². The van der Waals surface area contributed by atoms with Crippen LogP contribution in [0.1, 0.15) is 18.1 Å². The van der Waals surface area contributed by atoms with Gasteiger partial charge >= 0.3 is 0 Å². The van der Waals surface area contributed by atoms with Gasteiger partial charge in [0.15, 0.2) is 11.5 Å². The molecule has 0 saturated carbocycles. The van der Waals surface area contributed by atoms with E-state index in [0.29, 0.717) is 6.79 Å². The molecule has 1 heterocycles. The lowest BCUT2D eigenvalue weighted by Gasteiger charge is -2.08. The summed E-state index contributed by atoms with van der Waals surface area (Å²) in [7, 11) is 0. The lowest BCUT2D eigenvalue weighted by atomic mass is 10.1. The van der Waals surface area contributed by atoms with E-state index < -0.39 is 0 Å². The van der Waals surface area contributed by atoms with Crippen molar-refractivity contribution in [2.75, 3.05) is 12.1 Å². The molecule has 3 nitrogen and oxygen atoms in total. The lowest BCUT2D eigenvalue weighted by Crippen LogP contribution is -3.00. The Kier molecular flexibility index (Phi) is 4.74. The molecule has 1 aliphatic rings. The van der Waals surface area contributed by atoms with E-state index in [1.165, 1.54) is 11.1 Å². The first-order valence-corrected chi connectivity index (χ1v) is 6.56. The summed E-state index contributed by atoms with van der Waals surface area (Å²) in [6, 6.07) is 14.6. The third kappa shape index (κ3) is 3.17. The van der Waals surface area contributed by atoms with Crippen molar-refractivity contribution in [1.82, 2.24) is 0 Å². The van der Waals surface area contributed by atoms with E-state index >= 15 is 0 Å². The van der Waals surface area contributed by atoms with Gasteiger partial charge in [-0.2, -0.15) is 0 Å². The summed E-state index contributed by atoms with van der Waals surface area (Å²) in [5.41, 5.74) is 3.67. The molecule has 1 N–H and O–H groups in total. The smallest absolute Gasteiger partial charge is 0.231 e. The van der Waals surface area contributed by atoms with Gasteiger partial charge in [-0.3, -0.25) is 0 Å². The van der Waals surface area contributed by atoms with Crippen LogP contribution in [0.2, 0.25) is 0 Å². The molecule has 0 fully saturated rings. The van der Waals surface area contributed by atoms with E-state index in [2.05, 4.69) is 42.6 Å². The van der Waals surface area contributed by atoms with Gasteiger partial charge in [-0.25, -0.2) is 0 Å². The Bertz CT molecular complexity index is 569. The molecule has 3 rings (SSSR count). The number of hydrogen-bond donors (Lipinski definition) is 1. The Labute approximate surface area is 125 Å². The van der Waals surface area contributed by atoms with Gasteiger partial charge in [-0.15, -0.1) is 0 Å². The summed E-state index contributed by atoms with van der Waals surface area (Å²) in [5.74, 6) is 1.66. The fraction of sp³-hybridized carbons (Fsp3) is 0.250. The van der Waals surface area contributed by atoms with Gasteiger partial charge in [0, 0.05) is 12.2 Å². The summed E-state index contributed by atoms with van der Waals surface area (Å²) in [6.07, 6.45) is 1.07. The van der Waals surface area contributed by atoms with Crippen LogP contribution in [0, 0.1) is 0 Å². The number of rotatable bonds is 4. The van der Waals surface area contributed by atoms with E-state index in [1.807, 2.05) is 12.1 Å². The Morgan fingerprint density at radius 2 is 1.65 bits per heavy atom. The fourth-order valence-electron chi connectivity index (χ4n) is 2.11. The average Bonchev–Trinajstić information content (AvgIpc) is 2.93. The largest absolute Gasteiger partial charge is 1.00 e. The maximum atomic E-state index is 5.37. The highest BCUT2D eigenvalue weighted by atomic mass is 35.5. The number of nitrogens with one attached hydrogen (secondary N) is 1. The quantitative estimate of drug-likeness (QED) is 0.894. The van der Waals surface area contributed by atoms with E-state index in [4.69, 9.17) is 9.47 Å². The predicted molar refractivity (Wildman–Crippen MR) is 75.7 cm³/mol. The zero-order valence-corrected chi connectivity index (χ0v) is 12.1. The lowest BCUT2D eigenvalue weighted by molar-refractivity contribution is -0.00000540. The van der Waals surface area contributed by atoms with Crippen molar-refractivity contribution in [3.63, 3.8) is 0 Å². The van der Waals surface area contributed by atoms with Gasteiger partial charge in [-0.1, -0.05) is 25.1 Å². The van der Waals surface area contributed by atoms with Crippen LogP contribution < -0.4 is 27.2 Å². The molecule has 4 heteroatoms. The molecule has 0 aliphatic carbocycles. The first-order valence-electron chi connectivity index (χ1n) is 6.56. The maximum Gasteiger partial charge on any atom is 0.231 e. The zero-order valence-electron chi connectivity index (χ0n) is 11.4. The summed E-state index contributed by atoms with van der Waals surface area (Å²) >= 11 is 0. The average molecular weight is 291 g/mol. The van der Waals surface area contributed by atoms with Crippen molar-refractivity contribution in [2.45, 2.75) is 19.9 Å². The molecule has 0 atom stereocenters. The number of aryl methyl sites for hydroxylation is 1. The van der Waals surface area contributed by atoms with E-state index in [-0.39, 0.29) is 12.4 Å². The van der Waals surface area contributed by atoms with Gasteiger partial charge < -0.3 is 27.2 Å².